The third-order valence-electron chi connectivity index (χ3n) is 9.10. The smallest absolute Gasteiger partial charge is 0.205 e. The summed E-state index contributed by atoms with van der Waals surface area (Å²) >= 11 is 0. The van der Waals surface area contributed by atoms with Crippen molar-refractivity contribution in [1.82, 2.24) is 0 Å². The summed E-state index contributed by atoms with van der Waals surface area (Å²) < 4.78 is 2.25. The number of aryl methyl sites for hydroxylation is 1. The highest BCUT2D eigenvalue weighted by Gasteiger charge is 2.27. The summed E-state index contributed by atoms with van der Waals surface area (Å²) in [5.74, 6) is 0. The molecule has 220 valence electrons. The summed E-state index contributed by atoms with van der Waals surface area (Å²) in [6.07, 6.45) is 20.7. The summed E-state index contributed by atoms with van der Waals surface area (Å²) in [6.45, 7) is 7.80. The van der Waals surface area contributed by atoms with Crippen molar-refractivity contribution in [3.05, 3.63) is 103 Å². The van der Waals surface area contributed by atoms with Gasteiger partial charge in [0.2, 0.25) is 5.52 Å². The van der Waals surface area contributed by atoms with Crippen molar-refractivity contribution in [2.75, 3.05) is 0 Å². The monoisotopic (exact) mass is 549 g/mol. The van der Waals surface area contributed by atoms with Gasteiger partial charge in [0.25, 0.3) is 0 Å². The van der Waals surface area contributed by atoms with Crippen molar-refractivity contribution < 1.29 is 4.57 Å². The molecule has 0 aliphatic carbocycles. The van der Waals surface area contributed by atoms with E-state index >= 15 is 0 Å². The van der Waals surface area contributed by atoms with Gasteiger partial charge >= 0.3 is 0 Å². The molecule has 0 saturated heterocycles. The van der Waals surface area contributed by atoms with E-state index in [1.54, 1.807) is 10.9 Å². The normalized spacial score (nSPS) is 11.3. The number of pyridine rings is 1. The van der Waals surface area contributed by atoms with Gasteiger partial charge in [-0.05, 0) is 19.1 Å². The molecule has 0 unspecified atom stereocenters. The van der Waals surface area contributed by atoms with Gasteiger partial charge in [-0.15, -0.1) is 0 Å². The van der Waals surface area contributed by atoms with Crippen LogP contribution >= 0.6 is 0 Å². The second kappa shape index (κ2) is 19.3. The van der Waals surface area contributed by atoms with E-state index in [0.29, 0.717) is 0 Å². The van der Waals surface area contributed by atoms with Crippen LogP contribution in [0.15, 0.2) is 103 Å². The van der Waals surface area contributed by atoms with Crippen LogP contribution in [0.2, 0.25) is 12.6 Å². The first-order chi connectivity index (χ1) is 20.2. The molecule has 41 heavy (non-hydrogen) atoms. The first-order valence-corrected chi connectivity index (χ1v) is 16.9. The van der Waals surface area contributed by atoms with E-state index in [1.807, 2.05) is 0 Å². The molecule has 4 aromatic rings. The van der Waals surface area contributed by atoms with Gasteiger partial charge in [0.05, 0.1) is 6.15 Å². The SMILES string of the molecule is CCCCCCCC[B-](CCCCCCCC)(c1ccccc1)c1ccccc1.CC[n+]1cccc2ccccc21. The molecule has 1 aromatic heterocycles. The van der Waals surface area contributed by atoms with Gasteiger partial charge in [-0.2, -0.15) is 17.2 Å². The molecule has 0 fully saturated rings. The van der Waals surface area contributed by atoms with Crippen molar-refractivity contribution in [2.24, 2.45) is 0 Å². The molecule has 3 aromatic carbocycles. The van der Waals surface area contributed by atoms with Crippen molar-refractivity contribution in [3.63, 3.8) is 0 Å². The molecule has 1 nitrogen and oxygen atoms in total. The Morgan fingerprint density at radius 3 is 1.41 bits per heavy atom. The number of fused-ring (bicyclic) bond motifs is 1. The Morgan fingerprint density at radius 2 is 0.902 bits per heavy atom. The highest BCUT2D eigenvalue weighted by Crippen LogP contribution is 2.24. The van der Waals surface area contributed by atoms with Crippen molar-refractivity contribution in [2.45, 2.75) is 117 Å². The fourth-order valence-corrected chi connectivity index (χ4v) is 6.69. The molecule has 0 bridgehead atoms. The molecule has 0 aliphatic heterocycles. The lowest BCUT2D eigenvalue weighted by Crippen LogP contribution is -2.58. The van der Waals surface area contributed by atoms with Gasteiger partial charge in [0.15, 0.2) is 6.20 Å². The fraction of sp³-hybridized carbons (Fsp3) is 0.462. The maximum atomic E-state index is 2.40. The van der Waals surface area contributed by atoms with E-state index in [1.165, 1.54) is 101 Å². The first kappa shape index (κ1) is 32.6. The van der Waals surface area contributed by atoms with Crippen molar-refractivity contribution in [1.29, 1.82) is 0 Å². The largest absolute Gasteiger partial charge is 0.212 e. The van der Waals surface area contributed by atoms with Gasteiger partial charge < -0.3 is 0 Å². The van der Waals surface area contributed by atoms with E-state index in [4.69, 9.17) is 0 Å². The second-order valence-electron chi connectivity index (χ2n) is 12.0. The number of nitrogens with zero attached hydrogens (tertiary/aromatic N) is 1. The number of para-hydroxylation sites is 1. The molecule has 0 spiro atoms. The Kier molecular flexibility index (Phi) is 15.4. The lowest BCUT2D eigenvalue weighted by Gasteiger charge is -2.42. The van der Waals surface area contributed by atoms with Gasteiger partial charge in [0, 0.05) is 17.5 Å². The van der Waals surface area contributed by atoms with Crippen LogP contribution < -0.4 is 15.5 Å². The minimum Gasteiger partial charge on any atom is -0.205 e. The van der Waals surface area contributed by atoms with Crippen LogP contribution in [0.1, 0.15) is 97.8 Å². The molecule has 2 heteroatoms. The third kappa shape index (κ3) is 10.5. The molecule has 0 amide bonds. The fourth-order valence-electron chi connectivity index (χ4n) is 6.69. The zero-order valence-electron chi connectivity index (χ0n) is 26.4. The van der Waals surface area contributed by atoms with Crippen molar-refractivity contribution >= 4 is 28.0 Å². The average Bonchev–Trinajstić information content (AvgIpc) is 3.04. The van der Waals surface area contributed by atoms with E-state index in [-0.39, 0.29) is 0 Å². The number of rotatable bonds is 17. The van der Waals surface area contributed by atoms with Crippen LogP contribution in [0, 0.1) is 0 Å². The summed E-state index contributed by atoms with van der Waals surface area (Å²) in [4.78, 5) is 0. The lowest BCUT2D eigenvalue weighted by molar-refractivity contribution is -0.667. The second-order valence-corrected chi connectivity index (χ2v) is 12.0. The molecule has 0 saturated carbocycles. The molecule has 0 radical (unpaired) electrons. The topological polar surface area (TPSA) is 3.88 Å². The van der Waals surface area contributed by atoms with E-state index in [9.17, 15) is 0 Å². The number of benzene rings is 3. The Balaban J connectivity index is 0.000000317. The Hall–Kier alpha value is -2.87. The van der Waals surface area contributed by atoms with Gasteiger partial charge in [-0.25, -0.2) is 10.9 Å². The van der Waals surface area contributed by atoms with Crippen LogP contribution in [0.3, 0.4) is 0 Å². The molecule has 1 heterocycles. The standard InChI is InChI=1S/C28H44B.C11H12N/c1-3-5-7-9-11-19-25-29(27-21-15-13-16-22-27,28-23-17-14-18-24-28)26-20-12-10-8-6-4-2;1-2-12-9-5-7-10-6-3-4-8-11(10)12/h13-18,21-24H,3-12,19-20,25-26H2,1-2H3;3-9H,2H2,1H3/q-1;+1. The van der Waals surface area contributed by atoms with E-state index in [2.05, 4.69) is 129 Å². The first-order valence-electron chi connectivity index (χ1n) is 16.9. The summed E-state index contributed by atoms with van der Waals surface area (Å²) in [5, 5.41) is 1.31. The van der Waals surface area contributed by atoms with Gasteiger partial charge in [-0.3, -0.25) is 0 Å². The van der Waals surface area contributed by atoms with E-state index in [0.717, 1.165) is 6.54 Å². The van der Waals surface area contributed by atoms with Crippen LogP contribution in [0.25, 0.3) is 10.9 Å². The Bertz CT molecular complexity index is 1140. The predicted molar refractivity (Wildman–Crippen MR) is 184 cm³/mol. The van der Waals surface area contributed by atoms with Crippen LogP contribution in [0.5, 0.6) is 0 Å². The molecule has 0 aliphatic rings. The molecule has 0 atom stereocenters. The van der Waals surface area contributed by atoms with E-state index < -0.39 is 6.15 Å². The molecule has 0 N–H and O–H groups in total. The average molecular weight is 550 g/mol. The predicted octanol–water partition coefficient (Wildman–Crippen LogP) is 10.1. The number of hydrogen-bond acceptors (Lipinski definition) is 0. The quantitative estimate of drug-likeness (QED) is 0.0701. The summed E-state index contributed by atoms with van der Waals surface area (Å²) in [7, 11) is 0. The van der Waals surface area contributed by atoms with Crippen LogP contribution in [0.4, 0.5) is 0 Å². The molecular weight excluding hydrogens is 493 g/mol. The highest BCUT2D eigenvalue weighted by atomic mass is 14.9. The Morgan fingerprint density at radius 1 is 0.463 bits per heavy atom. The summed E-state index contributed by atoms with van der Waals surface area (Å²) in [5.41, 5.74) is 4.48. The van der Waals surface area contributed by atoms with Crippen molar-refractivity contribution in [3.8, 4) is 0 Å². The van der Waals surface area contributed by atoms with Gasteiger partial charge in [-0.1, -0.05) is 164 Å². The maximum Gasteiger partial charge on any atom is 0.212 e. The number of hydrogen-bond donors (Lipinski definition) is 0. The summed E-state index contributed by atoms with van der Waals surface area (Å²) in [6, 6.07) is 35.6. The molecule has 4 rings (SSSR count). The number of aromatic nitrogens is 1. The number of unbranched alkanes of at least 4 members (excludes halogenated alkanes) is 10. The van der Waals surface area contributed by atoms with Crippen LogP contribution in [-0.4, -0.2) is 6.15 Å². The zero-order chi connectivity index (χ0) is 29.0. The lowest BCUT2D eigenvalue weighted by atomic mass is 9.15. The Labute approximate surface area is 252 Å². The third-order valence-corrected chi connectivity index (χ3v) is 9.10. The van der Waals surface area contributed by atoms with Crippen LogP contribution in [-0.2, 0) is 6.54 Å². The van der Waals surface area contributed by atoms with Gasteiger partial charge in [0.1, 0.15) is 6.54 Å². The minimum atomic E-state index is -0.660. The maximum absolute atomic E-state index is 2.40. The highest BCUT2D eigenvalue weighted by molar-refractivity contribution is 7.02. The molecular formula is C39H56BN. The minimum absolute atomic E-state index is 0.660. The zero-order valence-corrected chi connectivity index (χ0v) is 26.4.